The maximum Gasteiger partial charge on any atom is 0.407 e. The Morgan fingerprint density at radius 1 is 1.06 bits per heavy atom. The number of rotatable bonds is 7. The summed E-state index contributed by atoms with van der Waals surface area (Å²) in [7, 11) is 0. The molecule has 1 heterocycles. The lowest BCUT2D eigenvalue weighted by atomic mass is 9.98. The van der Waals surface area contributed by atoms with E-state index in [1.54, 1.807) is 0 Å². The Balaban J connectivity index is 1.40. The van der Waals surface area contributed by atoms with E-state index >= 15 is 0 Å². The van der Waals surface area contributed by atoms with Crippen LogP contribution in [0.3, 0.4) is 0 Å². The van der Waals surface area contributed by atoms with Gasteiger partial charge in [-0.25, -0.2) is 4.79 Å². The van der Waals surface area contributed by atoms with Gasteiger partial charge in [0.2, 0.25) is 0 Å². The molecular weight excluding hydrogens is 448 g/mol. The summed E-state index contributed by atoms with van der Waals surface area (Å²) in [6, 6.07) is 15.7. The van der Waals surface area contributed by atoms with E-state index in [1.165, 1.54) is 4.90 Å². The van der Waals surface area contributed by atoms with Crippen molar-refractivity contribution in [3.05, 3.63) is 59.7 Å². The van der Waals surface area contributed by atoms with Crippen LogP contribution in [-0.2, 0) is 19.1 Å². The molecule has 1 aliphatic heterocycles. The summed E-state index contributed by atoms with van der Waals surface area (Å²) in [5, 5.41) is 11.9. The van der Waals surface area contributed by atoms with Gasteiger partial charge in [-0.1, -0.05) is 48.5 Å². The van der Waals surface area contributed by atoms with E-state index in [9.17, 15) is 14.4 Å². The van der Waals surface area contributed by atoms with Gasteiger partial charge in [-0.2, -0.15) is 0 Å². The van der Waals surface area contributed by atoms with Gasteiger partial charge in [0, 0.05) is 24.6 Å². The molecular formula is C27H32N2O6. The Kier molecular flexibility index (Phi) is 7.12. The third kappa shape index (κ3) is 5.32. The normalized spacial score (nSPS) is 19.1. The number of carboxylic acids is 1. The number of amides is 2. The summed E-state index contributed by atoms with van der Waals surface area (Å²) in [5.41, 5.74) is 3.95. The number of nitrogens with zero attached hydrogens (tertiary/aromatic N) is 1. The number of carbonyl (C=O) groups excluding carboxylic acids is 2. The molecule has 186 valence electrons. The molecule has 0 spiro atoms. The zero-order valence-electron chi connectivity index (χ0n) is 20.3. The third-order valence-corrected chi connectivity index (χ3v) is 6.61. The van der Waals surface area contributed by atoms with Crippen LogP contribution in [0.5, 0.6) is 0 Å². The van der Waals surface area contributed by atoms with Gasteiger partial charge in [0.1, 0.15) is 6.61 Å². The molecule has 4 rings (SSSR count). The highest BCUT2D eigenvalue weighted by Gasteiger charge is 2.41. The lowest BCUT2D eigenvalue weighted by Crippen LogP contribution is -2.55. The van der Waals surface area contributed by atoms with E-state index in [2.05, 4.69) is 29.6 Å². The van der Waals surface area contributed by atoms with Gasteiger partial charge in [-0.15, -0.1) is 0 Å². The summed E-state index contributed by atoms with van der Waals surface area (Å²) < 4.78 is 11.3. The molecule has 0 saturated carbocycles. The fourth-order valence-corrected chi connectivity index (χ4v) is 4.91. The van der Waals surface area contributed by atoms with Crippen LogP contribution in [-0.4, -0.2) is 65.4 Å². The van der Waals surface area contributed by atoms with Crippen molar-refractivity contribution in [1.29, 1.82) is 0 Å². The van der Waals surface area contributed by atoms with Crippen molar-refractivity contribution in [2.24, 2.45) is 0 Å². The van der Waals surface area contributed by atoms with E-state index in [0.29, 0.717) is 13.0 Å². The molecule has 8 nitrogen and oxygen atoms in total. The second-order valence-electron chi connectivity index (χ2n) is 9.96. The number of nitrogens with one attached hydrogen (secondary N) is 1. The van der Waals surface area contributed by atoms with Crippen molar-refractivity contribution in [2.75, 3.05) is 19.8 Å². The van der Waals surface area contributed by atoms with E-state index < -0.39 is 29.7 Å². The summed E-state index contributed by atoms with van der Waals surface area (Å²) in [6.07, 6.45) is -1.19. The molecule has 1 fully saturated rings. The molecule has 35 heavy (non-hydrogen) atoms. The highest BCUT2D eigenvalue weighted by atomic mass is 16.6. The van der Waals surface area contributed by atoms with Gasteiger partial charge in [0.25, 0.3) is 5.91 Å². The molecule has 2 amide bonds. The van der Waals surface area contributed by atoms with Crippen molar-refractivity contribution in [3.8, 4) is 11.1 Å². The minimum absolute atomic E-state index is 0.0576. The lowest BCUT2D eigenvalue weighted by molar-refractivity contribution is -0.148. The molecule has 2 aliphatic rings. The average molecular weight is 481 g/mol. The largest absolute Gasteiger partial charge is 0.481 e. The maximum absolute atomic E-state index is 13.3. The molecule has 1 aliphatic carbocycles. The van der Waals surface area contributed by atoms with Gasteiger partial charge in [0.15, 0.2) is 6.10 Å². The first kappa shape index (κ1) is 24.7. The van der Waals surface area contributed by atoms with Crippen molar-refractivity contribution < 1.29 is 29.0 Å². The topological polar surface area (TPSA) is 105 Å². The zero-order valence-corrected chi connectivity index (χ0v) is 20.3. The van der Waals surface area contributed by atoms with Crippen molar-refractivity contribution in [3.63, 3.8) is 0 Å². The molecule has 0 unspecified atom stereocenters. The van der Waals surface area contributed by atoms with E-state index in [0.717, 1.165) is 22.3 Å². The van der Waals surface area contributed by atoms with Crippen LogP contribution >= 0.6 is 0 Å². The number of alkyl carbamates (subject to hydrolysis) is 1. The minimum Gasteiger partial charge on any atom is -0.481 e. The number of hydrogen-bond acceptors (Lipinski definition) is 5. The standard InChI is InChI=1S/C27H32N2O6/c1-27(2,3)29(14-12-23(30)31)25(32)24-22(13-15-34-24)28-26(33)35-16-21-19-10-6-4-8-17(19)18-9-5-7-11-20(18)21/h4-11,21-22,24H,12-16H2,1-3H3,(H,28,33)(H,30,31)/t22-,24+/m0/s1. The summed E-state index contributed by atoms with van der Waals surface area (Å²) >= 11 is 0. The molecule has 2 aromatic carbocycles. The predicted octanol–water partition coefficient (Wildman–Crippen LogP) is 3.78. The fraction of sp³-hybridized carbons (Fsp3) is 0.444. The first-order valence-electron chi connectivity index (χ1n) is 11.9. The van der Waals surface area contributed by atoms with Crippen LogP contribution in [0.4, 0.5) is 4.79 Å². The second kappa shape index (κ2) is 10.1. The number of ether oxygens (including phenoxy) is 2. The number of carboxylic acid groups (broad SMARTS) is 1. The summed E-state index contributed by atoms with van der Waals surface area (Å²) in [5.74, 6) is -1.37. The maximum atomic E-state index is 13.3. The van der Waals surface area contributed by atoms with Gasteiger partial charge in [-0.05, 0) is 49.4 Å². The highest BCUT2D eigenvalue weighted by molar-refractivity contribution is 5.84. The van der Waals surface area contributed by atoms with Crippen LogP contribution in [0.1, 0.15) is 50.7 Å². The summed E-state index contributed by atoms with van der Waals surface area (Å²) in [6.45, 7) is 6.09. The molecule has 1 saturated heterocycles. The quantitative estimate of drug-likeness (QED) is 0.625. The minimum atomic E-state index is -0.979. The smallest absolute Gasteiger partial charge is 0.407 e. The molecule has 2 aromatic rings. The van der Waals surface area contributed by atoms with Gasteiger partial charge in [0.05, 0.1) is 12.5 Å². The molecule has 2 N–H and O–H groups in total. The second-order valence-corrected chi connectivity index (χ2v) is 9.96. The molecule has 0 aromatic heterocycles. The highest BCUT2D eigenvalue weighted by Crippen LogP contribution is 2.44. The van der Waals surface area contributed by atoms with Crippen molar-refractivity contribution in [1.82, 2.24) is 10.2 Å². The molecule has 8 heteroatoms. The monoisotopic (exact) mass is 480 g/mol. The van der Waals surface area contributed by atoms with E-state index in [1.807, 2.05) is 45.0 Å². The van der Waals surface area contributed by atoms with Crippen molar-refractivity contribution >= 4 is 18.0 Å². The Morgan fingerprint density at radius 3 is 2.23 bits per heavy atom. The van der Waals surface area contributed by atoms with Gasteiger partial charge >= 0.3 is 12.1 Å². The third-order valence-electron chi connectivity index (χ3n) is 6.61. The first-order valence-corrected chi connectivity index (χ1v) is 11.9. The Labute approximate surface area is 205 Å². The van der Waals surface area contributed by atoms with Crippen LogP contribution in [0.15, 0.2) is 48.5 Å². The lowest BCUT2D eigenvalue weighted by Gasteiger charge is -2.37. The van der Waals surface area contributed by atoms with Crippen LogP contribution in [0, 0.1) is 0 Å². The first-order chi connectivity index (χ1) is 16.7. The van der Waals surface area contributed by atoms with E-state index in [4.69, 9.17) is 14.6 Å². The number of benzene rings is 2. The SMILES string of the molecule is CC(C)(C)N(CCC(=O)O)C(=O)[C@@H]1OCC[C@@H]1NC(=O)OCC1c2ccccc2-c2ccccc21. The fourth-order valence-electron chi connectivity index (χ4n) is 4.91. The molecule has 0 bridgehead atoms. The van der Waals surface area contributed by atoms with Crippen LogP contribution in [0.25, 0.3) is 11.1 Å². The summed E-state index contributed by atoms with van der Waals surface area (Å²) in [4.78, 5) is 38.6. The number of hydrogen-bond donors (Lipinski definition) is 2. The molecule has 0 radical (unpaired) electrons. The number of aliphatic carboxylic acids is 1. The zero-order chi connectivity index (χ0) is 25.2. The Morgan fingerprint density at radius 2 is 1.66 bits per heavy atom. The van der Waals surface area contributed by atoms with Gasteiger partial charge < -0.3 is 24.8 Å². The van der Waals surface area contributed by atoms with E-state index in [-0.39, 0.29) is 31.4 Å². The number of fused-ring (bicyclic) bond motifs is 3. The van der Waals surface area contributed by atoms with Crippen LogP contribution < -0.4 is 5.32 Å². The van der Waals surface area contributed by atoms with Crippen LogP contribution in [0.2, 0.25) is 0 Å². The van der Waals surface area contributed by atoms with Crippen molar-refractivity contribution in [2.45, 2.75) is 57.2 Å². The molecule has 2 atom stereocenters. The average Bonchev–Trinajstić information content (AvgIpc) is 3.39. The Bertz CT molecular complexity index is 1060. The number of carbonyl (C=O) groups is 3. The Hall–Kier alpha value is -3.39. The van der Waals surface area contributed by atoms with Gasteiger partial charge in [-0.3, -0.25) is 9.59 Å². The predicted molar refractivity (Wildman–Crippen MR) is 130 cm³/mol.